The fourth-order valence-corrected chi connectivity index (χ4v) is 3.75. The van der Waals surface area contributed by atoms with Crippen LogP contribution < -0.4 is 4.90 Å². The maximum atomic E-state index is 10.1. The lowest BCUT2D eigenvalue weighted by Gasteiger charge is -2.44. The van der Waals surface area contributed by atoms with Crippen LogP contribution in [0.1, 0.15) is 51.2 Å². The molecular weight excluding hydrogens is 234 g/mol. The van der Waals surface area contributed by atoms with Gasteiger partial charge < -0.3 is 10.0 Å². The maximum absolute atomic E-state index is 10.1. The van der Waals surface area contributed by atoms with Crippen LogP contribution in [0.25, 0.3) is 0 Å². The van der Waals surface area contributed by atoms with Crippen LogP contribution in [0.5, 0.6) is 0 Å². The maximum Gasteiger partial charge on any atom is 0.0826 e. The van der Waals surface area contributed by atoms with E-state index in [-0.39, 0.29) is 6.10 Å². The van der Waals surface area contributed by atoms with Gasteiger partial charge in [0.15, 0.2) is 0 Å². The summed E-state index contributed by atoms with van der Waals surface area (Å²) in [7, 11) is 0. The van der Waals surface area contributed by atoms with Crippen molar-refractivity contribution in [1.29, 1.82) is 0 Å². The van der Waals surface area contributed by atoms with Crippen molar-refractivity contribution in [3.05, 3.63) is 29.8 Å². The number of nitrogens with zero attached hydrogens (tertiary/aromatic N) is 1. The van der Waals surface area contributed by atoms with Crippen molar-refractivity contribution in [3.63, 3.8) is 0 Å². The Hall–Kier alpha value is -1.02. The molecule has 1 fully saturated rings. The second kappa shape index (κ2) is 5.16. The molecule has 3 rings (SSSR count). The fourth-order valence-electron chi connectivity index (χ4n) is 3.75. The van der Waals surface area contributed by atoms with Gasteiger partial charge in [-0.2, -0.15) is 0 Å². The summed E-state index contributed by atoms with van der Waals surface area (Å²) in [6.45, 7) is 5.78. The van der Waals surface area contributed by atoms with E-state index in [4.69, 9.17) is 0 Å². The number of para-hydroxylation sites is 1. The van der Waals surface area contributed by atoms with Gasteiger partial charge >= 0.3 is 0 Å². The molecule has 0 radical (unpaired) electrons. The van der Waals surface area contributed by atoms with E-state index in [1.165, 1.54) is 24.9 Å². The fraction of sp³-hybridized carbons (Fsp3) is 0.647. The Labute approximate surface area is 116 Å². The lowest BCUT2D eigenvalue weighted by Crippen LogP contribution is -2.43. The summed E-state index contributed by atoms with van der Waals surface area (Å²) in [5.41, 5.74) is 2.40. The summed E-state index contributed by atoms with van der Waals surface area (Å²) in [6.07, 6.45) is 4.54. The van der Waals surface area contributed by atoms with Crippen molar-refractivity contribution >= 4 is 5.69 Å². The van der Waals surface area contributed by atoms with Gasteiger partial charge in [0, 0.05) is 23.8 Å². The number of hydrogen-bond acceptors (Lipinski definition) is 2. The highest BCUT2D eigenvalue weighted by Crippen LogP contribution is 2.39. The third-order valence-electron chi connectivity index (χ3n) is 5.26. The van der Waals surface area contributed by atoms with E-state index in [0.29, 0.717) is 6.04 Å². The number of hydrogen-bond donors (Lipinski definition) is 1. The first-order valence-corrected chi connectivity index (χ1v) is 7.70. The Morgan fingerprint density at radius 2 is 1.84 bits per heavy atom. The average molecular weight is 259 g/mol. The normalized spacial score (nSPS) is 35.0. The molecule has 0 saturated heterocycles. The van der Waals surface area contributed by atoms with Crippen LogP contribution in [0.2, 0.25) is 0 Å². The second-order valence-corrected chi connectivity index (χ2v) is 6.48. The summed E-state index contributed by atoms with van der Waals surface area (Å²) < 4.78 is 0. The highest BCUT2D eigenvalue weighted by molar-refractivity contribution is 5.57. The molecule has 2 aliphatic rings. The summed E-state index contributed by atoms with van der Waals surface area (Å²) in [5.74, 6) is 1.68. The SMILES string of the molecule is CC1CCC(N2CCC(O)c3ccccc32)CC1C. The van der Waals surface area contributed by atoms with Crippen molar-refractivity contribution < 1.29 is 5.11 Å². The Balaban J connectivity index is 1.84. The largest absolute Gasteiger partial charge is 0.388 e. The molecular formula is C17H25NO. The summed E-state index contributed by atoms with van der Waals surface area (Å²) in [6, 6.07) is 9.07. The molecule has 19 heavy (non-hydrogen) atoms. The van der Waals surface area contributed by atoms with E-state index >= 15 is 0 Å². The predicted molar refractivity (Wildman–Crippen MR) is 79.3 cm³/mol. The molecule has 0 aromatic heterocycles. The minimum Gasteiger partial charge on any atom is -0.388 e. The first-order chi connectivity index (χ1) is 9.16. The van der Waals surface area contributed by atoms with Crippen LogP contribution >= 0.6 is 0 Å². The molecule has 4 unspecified atom stereocenters. The molecule has 1 aromatic rings. The third-order valence-corrected chi connectivity index (χ3v) is 5.26. The molecule has 1 aromatic carbocycles. The second-order valence-electron chi connectivity index (χ2n) is 6.48. The molecule has 0 spiro atoms. The average Bonchev–Trinajstić information content (AvgIpc) is 2.43. The first-order valence-electron chi connectivity index (χ1n) is 7.70. The lowest BCUT2D eigenvalue weighted by molar-refractivity contribution is 0.158. The van der Waals surface area contributed by atoms with Crippen molar-refractivity contribution in [1.82, 2.24) is 0 Å². The lowest BCUT2D eigenvalue weighted by atomic mass is 9.78. The first kappa shape index (κ1) is 13.0. The highest BCUT2D eigenvalue weighted by Gasteiger charge is 2.32. The summed E-state index contributed by atoms with van der Waals surface area (Å²) in [5, 5.41) is 10.1. The van der Waals surface area contributed by atoms with Gasteiger partial charge in [0.05, 0.1) is 6.10 Å². The monoisotopic (exact) mass is 259 g/mol. The number of aliphatic hydroxyl groups is 1. The standard InChI is InChI=1S/C17H25NO/c1-12-7-8-14(11-13(12)2)18-10-9-17(19)15-5-3-4-6-16(15)18/h3-6,12-14,17,19H,7-11H2,1-2H3. The predicted octanol–water partition coefficient (Wildman–Crippen LogP) is 3.75. The molecule has 2 nitrogen and oxygen atoms in total. The van der Waals surface area contributed by atoms with Gasteiger partial charge in [0.1, 0.15) is 0 Å². The smallest absolute Gasteiger partial charge is 0.0826 e. The Bertz CT molecular complexity index is 445. The third kappa shape index (κ3) is 2.38. The zero-order valence-electron chi connectivity index (χ0n) is 12.0. The van der Waals surface area contributed by atoms with Gasteiger partial charge in [0.2, 0.25) is 0 Å². The van der Waals surface area contributed by atoms with Crippen LogP contribution in [0.4, 0.5) is 5.69 Å². The topological polar surface area (TPSA) is 23.5 Å². The number of anilines is 1. The molecule has 1 aliphatic carbocycles. The number of fused-ring (bicyclic) bond motifs is 1. The molecule has 1 heterocycles. The molecule has 2 heteroatoms. The van der Waals surface area contributed by atoms with Gasteiger partial charge in [0.25, 0.3) is 0 Å². The van der Waals surface area contributed by atoms with Crippen LogP contribution in [0.3, 0.4) is 0 Å². The quantitative estimate of drug-likeness (QED) is 0.830. The highest BCUT2D eigenvalue weighted by atomic mass is 16.3. The van der Waals surface area contributed by atoms with Crippen molar-refractivity contribution in [2.45, 2.75) is 51.7 Å². The molecule has 4 atom stereocenters. The number of rotatable bonds is 1. The van der Waals surface area contributed by atoms with E-state index in [2.05, 4.69) is 36.9 Å². The Morgan fingerprint density at radius 1 is 1.05 bits per heavy atom. The zero-order valence-corrected chi connectivity index (χ0v) is 12.0. The van der Waals surface area contributed by atoms with E-state index < -0.39 is 0 Å². The minimum absolute atomic E-state index is 0.271. The van der Waals surface area contributed by atoms with Gasteiger partial charge in [-0.05, 0) is 43.6 Å². The van der Waals surface area contributed by atoms with Crippen LogP contribution in [-0.2, 0) is 0 Å². The van der Waals surface area contributed by atoms with E-state index in [0.717, 1.165) is 30.4 Å². The van der Waals surface area contributed by atoms with Gasteiger partial charge in [-0.1, -0.05) is 32.0 Å². The Kier molecular flexibility index (Phi) is 3.53. The van der Waals surface area contributed by atoms with Crippen LogP contribution in [0, 0.1) is 11.8 Å². The van der Waals surface area contributed by atoms with E-state index in [9.17, 15) is 5.11 Å². The van der Waals surface area contributed by atoms with Gasteiger partial charge in [-0.25, -0.2) is 0 Å². The van der Waals surface area contributed by atoms with E-state index in [1.807, 2.05) is 6.07 Å². The van der Waals surface area contributed by atoms with Crippen LogP contribution in [0.15, 0.2) is 24.3 Å². The zero-order chi connectivity index (χ0) is 13.4. The Morgan fingerprint density at radius 3 is 2.63 bits per heavy atom. The van der Waals surface area contributed by atoms with Crippen LogP contribution in [-0.4, -0.2) is 17.7 Å². The molecule has 0 amide bonds. The molecule has 1 aliphatic heterocycles. The van der Waals surface area contributed by atoms with Gasteiger partial charge in [-0.15, -0.1) is 0 Å². The van der Waals surface area contributed by atoms with Crippen molar-refractivity contribution in [2.75, 3.05) is 11.4 Å². The van der Waals surface area contributed by atoms with Crippen molar-refractivity contribution in [2.24, 2.45) is 11.8 Å². The molecule has 1 saturated carbocycles. The number of aliphatic hydroxyl groups excluding tert-OH is 1. The molecule has 0 bridgehead atoms. The van der Waals surface area contributed by atoms with E-state index in [1.54, 1.807) is 0 Å². The van der Waals surface area contributed by atoms with Gasteiger partial charge in [-0.3, -0.25) is 0 Å². The molecule has 104 valence electrons. The van der Waals surface area contributed by atoms with Crippen molar-refractivity contribution in [3.8, 4) is 0 Å². The number of benzene rings is 1. The summed E-state index contributed by atoms with van der Waals surface area (Å²) in [4.78, 5) is 2.56. The minimum atomic E-state index is -0.271. The molecule has 1 N–H and O–H groups in total. The summed E-state index contributed by atoms with van der Waals surface area (Å²) >= 11 is 0.